The molecular weight excluding hydrogens is 306 g/mol. The summed E-state index contributed by atoms with van der Waals surface area (Å²) >= 11 is 1.71. The van der Waals surface area contributed by atoms with Gasteiger partial charge in [-0.3, -0.25) is 10.1 Å². The zero-order chi connectivity index (χ0) is 15.7. The highest BCUT2D eigenvalue weighted by atomic mass is 32.1. The standard InChI is InChI=1S/C18H23N3OS/c22-17(19-11-13-7-8-13)18(9-3-4-10-18)20-12-16-21-14-5-1-2-6-15(14)23-16/h1-2,5-6,13,20H,3-4,7-12H2,(H,19,22). The number of para-hydroxylation sites is 1. The minimum atomic E-state index is -0.382. The van der Waals surface area contributed by atoms with Gasteiger partial charge in [-0.2, -0.15) is 0 Å². The second-order valence-corrected chi connectivity index (χ2v) is 7.99. The molecule has 4 nitrogen and oxygen atoms in total. The molecule has 0 unspecified atom stereocenters. The van der Waals surface area contributed by atoms with E-state index in [9.17, 15) is 4.79 Å². The molecule has 5 heteroatoms. The number of fused-ring (bicyclic) bond motifs is 1. The quantitative estimate of drug-likeness (QED) is 0.855. The number of thiazole rings is 1. The molecule has 2 aromatic rings. The molecule has 0 aliphatic heterocycles. The zero-order valence-electron chi connectivity index (χ0n) is 13.3. The van der Waals surface area contributed by atoms with Crippen LogP contribution in [0.1, 0.15) is 43.5 Å². The molecule has 2 saturated carbocycles. The van der Waals surface area contributed by atoms with Gasteiger partial charge < -0.3 is 5.32 Å². The zero-order valence-corrected chi connectivity index (χ0v) is 14.1. The van der Waals surface area contributed by atoms with Gasteiger partial charge >= 0.3 is 0 Å². The molecule has 1 aromatic heterocycles. The molecule has 0 radical (unpaired) electrons. The average Bonchev–Trinajstić information content (AvgIpc) is 3.11. The Kier molecular flexibility index (Phi) is 4.07. The highest BCUT2D eigenvalue weighted by molar-refractivity contribution is 7.18. The molecule has 4 rings (SSSR count). The van der Waals surface area contributed by atoms with Crippen LogP contribution in [0.5, 0.6) is 0 Å². The normalized spacial score (nSPS) is 20.0. The number of rotatable bonds is 6. The Morgan fingerprint density at radius 1 is 1.26 bits per heavy atom. The van der Waals surface area contributed by atoms with Crippen LogP contribution in [-0.2, 0) is 11.3 Å². The van der Waals surface area contributed by atoms with Crippen LogP contribution in [0.25, 0.3) is 10.2 Å². The molecular formula is C18H23N3OS. The van der Waals surface area contributed by atoms with Crippen molar-refractivity contribution >= 4 is 27.5 Å². The third-order valence-corrected chi connectivity index (χ3v) is 6.09. The van der Waals surface area contributed by atoms with E-state index in [1.165, 1.54) is 17.5 Å². The van der Waals surface area contributed by atoms with Crippen molar-refractivity contribution in [3.63, 3.8) is 0 Å². The lowest BCUT2D eigenvalue weighted by Gasteiger charge is -2.28. The maximum atomic E-state index is 12.7. The van der Waals surface area contributed by atoms with Crippen molar-refractivity contribution in [1.82, 2.24) is 15.6 Å². The van der Waals surface area contributed by atoms with Crippen molar-refractivity contribution in [3.05, 3.63) is 29.3 Å². The highest BCUT2D eigenvalue weighted by Gasteiger charge is 2.41. The van der Waals surface area contributed by atoms with Crippen LogP contribution in [0.15, 0.2) is 24.3 Å². The minimum Gasteiger partial charge on any atom is -0.354 e. The first kappa shape index (κ1) is 15.1. The Morgan fingerprint density at radius 2 is 2.04 bits per heavy atom. The van der Waals surface area contributed by atoms with Crippen molar-refractivity contribution in [2.45, 2.75) is 50.6 Å². The van der Waals surface area contributed by atoms with Crippen molar-refractivity contribution < 1.29 is 4.79 Å². The number of amides is 1. The number of hydrogen-bond acceptors (Lipinski definition) is 4. The number of aromatic nitrogens is 1. The fourth-order valence-corrected chi connectivity index (χ4v) is 4.34. The van der Waals surface area contributed by atoms with Crippen molar-refractivity contribution in [1.29, 1.82) is 0 Å². The topological polar surface area (TPSA) is 54.0 Å². The second kappa shape index (κ2) is 6.21. The summed E-state index contributed by atoms with van der Waals surface area (Å²) in [6.07, 6.45) is 6.68. The van der Waals surface area contributed by atoms with Gasteiger partial charge in [0, 0.05) is 13.1 Å². The van der Waals surface area contributed by atoms with Crippen LogP contribution in [0.4, 0.5) is 0 Å². The number of nitrogens with one attached hydrogen (secondary N) is 2. The minimum absolute atomic E-state index is 0.197. The van der Waals surface area contributed by atoms with Gasteiger partial charge in [0.25, 0.3) is 0 Å². The van der Waals surface area contributed by atoms with E-state index in [4.69, 9.17) is 0 Å². The van der Waals surface area contributed by atoms with E-state index in [2.05, 4.69) is 21.7 Å². The van der Waals surface area contributed by atoms with Gasteiger partial charge in [0.05, 0.1) is 15.8 Å². The number of benzene rings is 1. The molecule has 1 heterocycles. The van der Waals surface area contributed by atoms with Crippen molar-refractivity contribution in [2.75, 3.05) is 6.54 Å². The molecule has 0 atom stereocenters. The largest absolute Gasteiger partial charge is 0.354 e. The summed E-state index contributed by atoms with van der Waals surface area (Å²) in [7, 11) is 0. The second-order valence-electron chi connectivity index (χ2n) is 6.87. The Labute approximate surface area is 140 Å². The van der Waals surface area contributed by atoms with Gasteiger partial charge in [0.15, 0.2) is 0 Å². The number of carbonyl (C=O) groups is 1. The van der Waals surface area contributed by atoms with Gasteiger partial charge in [-0.15, -0.1) is 11.3 Å². The van der Waals surface area contributed by atoms with E-state index >= 15 is 0 Å². The molecule has 0 spiro atoms. The van der Waals surface area contributed by atoms with Crippen LogP contribution >= 0.6 is 11.3 Å². The van der Waals surface area contributed by atoms with E-state index in [-0.39, 0.29) is 11.4 Å². The summed E-state index contributed by atoms with van der Waals surface area (Å²) in [6.45, 7) is 1.53. The SMILES string of the molecule is O=C(NCC1CC1)C1(NCc2nc3ccccc3s2)CCCC1. The molecule has 23 heavy (non-hydrogen) atoms. The summed E-state index contributed by atoms with van der Waals surface area (Å²) in [5.74, 6) is 0.921. The lowest BCUT2D eigenvalue weighted by molar-refractivity contribution is -0.127. The van der Waals surface area contributed by atoms with E-state index in [0.29, 0.717) is 6.54 Å². The van der Waals surface area contributed by atoms with Crippen LogP contribution in [0.3, 0.4) is 0 Å². The lowest BCUT2D eigenvalue weighted by Crippen LogP contribution is -2.55. The first-order valence-electron chi connectivity index (χ1n) is 8.63. The molecule has 0 saturated heterocycles. The third kappa shape index (κ3) is 3.26. The van der Waals surface area contributed by atoms with Gasteiger partial charge in [-0.05, 0) is 43.7 Å². The number of nitrogens with zero attached hydrogens (tertiary/aromatic N) is 1. The van der Waals surface area contributed by atoms with Crippen LogP contribution < -0.4 is 10.6 Å². The number of carbonyl (C=O) groups excluding carboxylic acids is 1. The summed E-state index contributed by atoms with van der Waals surface area (Å²) in [4.78, 5) is 17.4. The van der Waals surface area contributed by atoms with Crippen LogP contribution in [0, 0.1) is 5.92 Å². The van der Waals surface area contributed by atoms with Gasteiger partial charge in [-0.25, -0.2) is 4.98 Å². The summed E-state index contributed by atoms with van der Waals surface area (Å²) in [5, 5.41) is 7.79. The van der Waals surface area contributed by atoms with E-state index in [1.54, 1.807) is 11.3 Å². The molecule has 0 bridgehead atoms. The Balaban J connectivity index is 1.43. The summed E-state index contributed by atoms with van der Waals surface area (Å²) < 4.78 is 1.21. The van der Waals surface area contributed by atoms with Crippen molar-refractivity contribution in [2.24, 2.45) is 5.92 Å². The lowest BCUT2D eigenvalue weighted by atomic mass is 9.96. The fourth-order valence-electron chi connectivity index (χ4n) is 3.43. The highest BCUT2D eigenvalue weighted by Crippen LogP contribution is 2.32. The molecule has 1 amide bonds. The van der Waals surface area contributed by atoms with E-state index < -0.39 is 0 Å². The molecule has 2 fully saturated rings. The predicted octanol–water partition coefficient (Wildman–Crippen LogP) is 3.22. The fraction of sp³-hybridized carbons (Fsp3) is 0.556. The summed E-state index contributed by atoms with van der Waals surface area (Å²) in [5.41, 5.74) is 0.667. The Hall–Kier alpha value is -1.46. The predicted molar refractivity (Wildman–Crippen MR) is 93.4 cm³/mol. The van der Waals surface area contributed by atoms with Crippen LogP contribution in [0.2, 0.25) is 0 Å². The molecule has 2 aliphatic rings. The third-order valence-electron chi connectivity index (χ3n) is 5.06. The Bertz CT molecular complexity index is 668. The van der Waals surface area contributed by atoms with Gasteiger partial charge in [-0.1, -0.05) is 25.0 Å². The smallest absolute Gasteiger partial charge is 0.240 e. The van der Waals surface area contributed by atoms with Gasteiger partial charge in [0.2, 0.25) is 5.91 Å². The van der Waals surface area contributed by atoms with Crippen molar-refractivity contribution in [3.8, 4) is 0 Å². The van der Waals surface area contributed by atoms with Crippen LogP contribution in [-0.4, -0.2) is 23.0 Å². The van der Waals surface area contributed by atoms with E-state index in [0.717, 1.165) is 48.7 Å². The maximum Gasteiger partial charge on any atom is 0.240 e. The Morgan fingerprint density at radius 3 is 2.78 bits per heavy atom. The maximum absolute atomic E-state index is 12.7. The van der Waals surface area contributed by atoms with Gasteiger partial charge in [0.1, 0.15) is 5.01 Å². The molecule has 1 aromatic carbocycles. The monoisotopic (exact) mass is 329 g/mol. The molecule has 2 N–H and O–H groups in total. The summed E-state index contributed by atoms with van der Waals surface area (Å²) in [6, 6.07) is 8.21. The van der Waals surface area contributed by atoms with E-state index in [1.807, 2.05) is 18.2 Å². The first-order chi connectivity index (χ1) is 11.3. The first-order valence-corrected chi connectivity index (χ1v) is 9.45. The number of hydrogen-bond donors (Lipinski definition) is 2. The molecule has 122 valence electrons. The molecule has 2 aliphatic carbocycles. The average molecular weight is 329 g/mol.